The maximum Gasteiger partial charge on any atom is 0.303 e. The van der Waals surface area contributed by atoms with Crippen molar-refractivity contribution in [2.75, 3.05) is 6.61 Å². The third-order valence-electron chi connectivity index (χ3n) is 2.60. The fourth-order valence-corrected chi connectivity index (χ4v) is 1.56. The molecule has 1 unspecified atom stereocenters. The van der Waals surface area contributed by atoms with Gasteiger partial charge < -0.3 is 15.2 Å². The molecule has 0 saturated heterocycles. The average Bonchev–Trinajstić information content (AvgIpc) is 2.43. The number of nitro groups is 1. The highest BCUT2D eigenvalue weighted by atomic mass is 16.6. The Morgan fingerprint density at radius 1 is 1.48 bits per heavy atom. The van der Waals surface area contributed by atoms with Gasteiger partial charge >= 0.3 is 5.97 Å². The topological polar surface area (TPSA) is 119 Å². The predicted octanol–water partition coefficient (Wildman–Crippen LogP) is 1.34. The molecule has 1 aromatic carbocycles. The van der Waals surface area contributed by atoms with E-state index in [0.29, 0.717) is 6.42 Å². The Bertz CT molecular complexity index is 531. The third kappa shape index (κ3) is 6.37. The van der Waals surface area contributed by atoms with Crippen molar-refractivity contribution in [2.24, 2.45) is 0 Å². The molecule has 8 heteroatoms. The Labute approximate surface area is 120 Å². The van der Waals surface area contributed by atoms with Gasteiger partial charge in [0, 0.05) is 18.5 Å². The zero-order valence-corrected chi connectivity index (χ0v) is 11.4. The molecule has 0 bridgehead atoms. The minimum Gasteiger partial charge on any atom is -0.484 e. The van der Waals surface area contributed by atoms with Crippen molar-refractivity contribution >= 4 is 17.6 Å². The van der Waals surface area contributed by atoms with Crippen molar-refractivity contribution in [1.82, 2.24) is 5.32 Å². The Balaban J connectivity index is 2.40. The fourth-order valence-electron chi connectivity index (χ4n) is 1.56. The minimum atomic E-state index is -0.927. The minimum absolute atomic E-state index is 0.0345. The number of carboxylic acid groups (broad SMARTS) is 1. The van der Waals surface area contributed by atoms with Crippen LogP contribution in [0.3, 0.4) is 0 Å². The molecule has 8 nitrogen and oxygen atoms in total. The number of rotatable bonds is 8. The first-order chi connectivity index (χ1) is 9.88. The summed E-state index contributed by atoms with van der Waals surface area (Å²) in [6.45, 7) is 1.40. The standard InChI is InChI=1S/C13H16N2O6/c1-9(5-6-13(17)18)14-12(16)8-21-11-4-2-3-10(7-11)15(19)20/h2-4,7,9H,5-6,8H2,1H3,(H,14,16)(H,17,18). The lowest BCUT2D eigenvalue weighted by molar-refractivity contribution is -0.384. The fraction of sp³-hybridized carbons (Fsp3) is 0.385. The summed E-state index contributed by atoms with van der Waals surface area (Å²) in [6, 6.07) is 5.22. The van der Waals surface area contributed by atoms with Crippen LogP contribution in [0.25, 0.3) is 0 Å². The lowest BCUT2D eigenvalue weighted by Gasteiger charge is -2.13. The van der Waals surface area contributed by atoms with Gasteiger partial charge in [0.15, 0.2) is 6.61 Å². The summed E-state index contributed by atoms with van der Waals surface area (Å²) < 4.78 is 5.15. The first-order valence-corrected chi connectivity index (χ1v) is 6.27. The molecule has 21 heavy (non-hydrogen) atoms. The van der Waals surface area contributed by atoms with E-state index in [-0.39, 0.29) is 30.5 Å². The molecular weight excluding hydrogens is 280 g/mol. The van der Waals surface area contributed by atoms with Crippen LogP contribution in [0.1, 0.15) is 19.8 Å². The summed E-state index contributed by atoms with van der Waals surface area (Å²) in [7, 11) is 0. The lowest BCUT2D eigenvalue weighted by atomic mass is 10.2. The van der Waals surface area contributed by atoms with Crippen molar-refractivity contribution in [3.63, 3.8) is 0 Å². The Hall–Kier alpha value is -2.64. The summed E-state index contributed by atoms with van der Waals surface area (Å²) in [4.78, 5) is 32.0. The van der Waals surface area contributed by atoms with E-state index in [4.69, 9.17) is 9.84 Å². The number of non-ortho nitro benzene ring substituents is 1. The van der Waals surface area contributed by atoms with E-state index in [9.17, 15) is 19.7 Å². The molecule has 1 atom stereocenters. The molecule has 0 heterocycles. The van der Waals surface area contributed by atoms with E-state index in [1.54, 1.807) is 6.92 Å². The Kier molecular flexibility index (Phi) is 6.12. The second-order valence-corrected chi connectivity index (χ2v) is 4.44. The summed E-state index contributed by atoms with van der Waals surface area (Å²) >= 11 is 0. The number of carbonyl (C=O) groups excluding carboxylic acids is 1. The number of amides is 1. The quantitative estimate of drug-likeness (QED) is 0.552. The maximum atomic E-state index is 11.6. The highest BCUT2D eigenvalue weighted by Gasteiger charge is 2.11. The number of hydrogen-bond acceptors (Lipinski definition) is 5. The van der Waals surface area contributed by atoms with E-state index >= 15 is 0 Å². The van der Waals surface area contributed by atoms with Crippen LogP contribution in [-0.2, 0) is 9.59 Å². The first-order valence-electron chi connectivity index (χ1n) is 6.27. The zero-order valence-electron chi connectivity index (χ0n) is 11.4. The number of carboxylic acids is 1. The highest BCUT2D eigenvalue weighted by Crippen LogP contribution is 2.18. The van der Waals surface area contributed by atoms with Gasteiger partial charge in [-0.2, -0.15) is 0 Å². The molecule has 0 radical (unpaired) electrons. The monoisotopic (exact) mass is 296 g/mol. The van der Waals surface area contributed by atoms with E-state index in [1.807, 2.05) is 0 Å². The Morgan fingerprint density at radius 2 is 2.19 bits per heavy atom. The number of nitro benzene ring substituents is 1. The van der Waals surface area contributed by atoms with Gasteiger partial charge in [-0.15, -0.1) is 0 Å². The maximum absolute atomic E-state index is 11.6. The summed E-state index contributed by atoms with van der Waals surface area (Å²) in [5, 5.41) is 21.7. The van der Waals surface area contributed by atoms with E-state index in [0.717, 1.165) is 0 Å². The van der Waals surface area contributed by atoms with Gasteiger partial charge in [0.1, 0.15) is 5.75 Å². The third-order valence-corrected chi connectivity index (χ3v) is 2.60. The van der Waals surface area contributed by atoms with Gasteiger partial charge in [-0.05, 0) is 19.4 Å². The highest BCUT2D eigenvalue weighted by molar-refractivity contribution is 5.77. The molecule has 1 aromatic rings. The second-order valence-electron chi connectivity index (χ2n) is 4.44. The molecule has 1 rings (SSSR count). The number of aliphatic carboxylic acids is 1. The van der Waals surface area contributed by atoms with Crippen LogP contribution in [0.4, 0.5) is 5.69 Å². The molecule has 0 fully saturated rings. The van der Waals surface area contributed by atoms with E-state index < -0.39 is 16.8 Å². The van der Waals surface area contributed by atoms with Crippen LogP contribution in [0.15, 0.2) is 24.3 Å². The zero-order chi connectivity index (χ0) is 15.8. The molecule has 0 spiro atoms. The normalized spacial score (nSPS) is 11.5. The lowest BCUT2D eigenvalue weighted by Crippen LogP contribution is -2.36. The molecule has 0 saturated carbocycles. The van der Waals surface area contributed by atoms with Crippen LogP contribution < -0.4 is 10.1 Å². The van der Waals surface area contributed by atoms with Gasteiger partial charge in [-0.1, -0.05) is 6.07 Å². The molecule has 0 aromatic heterocycles. The largest absolute Gasteiger partial charge is 0.484 e. The van der Waals surface area contributed by atoms with Crippen molar-refractivity contribution in [1.29, 1.82) is 0 Å². The number of hydrogen-bond donors (Lipinski definition) is 2. The smallest absolute Gasteiger partial charge is 0.303 e. The van der Waals surface area contributed by atoms with Crippen LogP contribution in [0.5, 0.6) is 5.75 Å². The van der Waals surface area contributed by atoms with Crippen molar-refractivity contribution < 1.29 is 24.4 Å². The predicted molar refractivity (Wildman–Crippen MR) is 73.1 cm³/mol. The molecular formula is C13H16N2O6. The van der Waals surface area contributed by atoms with Crippen LogP contribution in [0.2, 0.25) is 0 Å². The number of ether oxygens (including phenoxy) is 1. The van der Waals surface area contributed by atoms with E-state index in [1.165, 1.54) is 24.3 Å². The Morgan fingerprint density at radius 3 is 2.81 bits per heavy atom. The van der Waals surface area contributed by atoms with Crippen LogP contribution >= 0.6 is 0 Å². The van der Waals surface area contributed by atoms with Gasteiger partial charge in [0.2, 0.25) is 0 Å². The SMILES string of the molecule is CC(CCC(=O)O)NC(=O)COc1cccc([N+](=O)[O-])c1. The van der Waals surface area contributed by atoms with Crippen molar-refractivity contribution in [3.8, 4) is 5.75 Å². The molecule has 0 aliphatic carbocycles. The van der Waals surface area contributed by atoms with Crippen molar-refractivity contribution in [2.45, 2.75) is 25.8 Å². The number of carbonyl (C=O) groups is 2. The summed E-state index contributed by atoms with van der Waals surface area (Å²) in [6.07, 6.45) is 0.283. The van der Waals surface area contributed by atoms with Crippen LogP contribution in [-0.4, -0.2) is 34.6 Å². The number of nitrogens with one attached hydrogen (secondary N) is 1. The number of benzene rings is 1. The molecule has 2 N–H and O–H groups in total. The molecule has 0 aliphatic heterocycles. The average molecular weight is 296 g/mol. The van der Waals surface area contributed by atoms with Gasteiger partial charge in [0.25, 0.3) is 11.6 Å². The molecule has 1 amide bonds. The first kappa shape index (κ1) is 16.4. The van der Waals surface area contributed by atoms with Crippen LogP contribution in [0, 0.1) is 10.1 Å². The van der Waals surface area contributed by atoms with Crippen molar-refractivity contribution in [3.05, 3.63) is 34.4 Å². The summed E-state index contributed by atoms with van der Waals surface area (Å²) in [5.74, 6) is -1.12. The molecule has 114 valence electrons. The second kappa shape index (κ2) is 7.83. The summed E-state index contributed by atoms with van der Waals surface area (Å²) in [5.41, 5.74) is -0.122. The van der Waals surface area contributed by atoms with Gasteiger partial charge in [-0.3, -0.25) is 19.7 Å². The van der Waals surface area contributed by atoms with E-state index in [2.05, 4.69) is 5.32 Å². The van der Waals surface area contributed by atoms with Gasteiger partial charge in [-0.25, -0.2) is 0 Å². The van der Waals surface area contributed by atoms with Gasteiger partial charge in [0.05, 0.1) is 11.0 Å². The number of nitrogens with zero attached hydrogens (tertiary/aromatic N) is 1. The molecule has 0 aliphatic rings.